The van der Waals surface area contributed by atoms with Gasteiger partial charge >= 0.3 is 5.97 Å². The maximum atomic E-state index is 10.6. The Bertz CT molecular complexity index is 152. The van der Waals surface area contributed by atoms with Gasteiger partial charge in [0.15, 0.2) is 0 Å². The van der Waals surface area contributed by atoms with Crippen molar-refractivity contribution in [1.82, 2.24) is 0 Å². The Hall–Kier alpha value is -0.610. The summed E-state index contributed by atoms with van der Waals surface area (Å²) in [5, 5.41) is 8.76. The van der Waals surface area contributed by atoms with E-state index in [-0.39, 0.29) is 6.61 Å². The van der Waals surface area contributed by atoms with Crippen LogP contribution in [0.1, 0.15) is 13.8 Å². The van der Waals surface area contributed by atoms with Gasteiger partial charge in [-0.15, -0.1) is 0 Å². The average molecular weight is 146 g/mol. The summed E-state index contributed by atoms with van der Waals surface area (Å²) in [7, 11) is 0. The first-order valence-electron chi connectivity index (χ1n) is 3.06. The van der Waals surface area contributed by atoms with Gasteiger partial charge < -0.3 is 5.11 Å². The van der Waals surface area contributed by atoms with Gasteiger partial charge in [-0.05, 0) is 0 Å². The van der Waals surface area contributed by atoms with E-state index >= 15 is 0 Å². The van der Waals surface area contributed by atoms with E-state index in [4.69, 9.17) is 5.11 Å². The van der Waals surface area contributed by atoms with Gasteiger partial charge in [0.05, 0.1) is 6.61 Å². The minimum Gasteiger partial charge on any atom is -0.396 e. The van der Waals surface area contributed by atoms with Crippen LogP contribution in [0.5, 0.6) is 0 Å². The first-order chi connectivity index (χ1) is 4.58. The maximum Gasteiger partial charge on any atom is 0.375 e. The number of rotatable bonds is 2. The van der Waals surface area contributed by atoms with Crippen molar-refractivity contribution in [2.24, 2.45) is 5.41 Å². The third-order valence-electron chi connectivity index (χ3n) is 1.56. The Kier molecular flexibility index (Phi) is 1.66. The number of aliphatic hydroxyl groups excluding tert-OH is 1. The standard InChI is InChI=1S/C6H10O4/c1-6(2,3-7)4-5(8)10-9-4/h4,7H,3H2,1-2H3/t4-/m1/s1. The first-order valence-corrected chi connectivity index (χ1v) is 3.06. The van der Waals surface area contributed by atoms with Gasteiger partial charge in [-0.2, -0.15) is 4.89 Å². The first kappa shape index (κ1) is 7.50. The molecule has 0 saturated carbocycles. The molecule has 10 heavy (non-hydrogen) atoms. The maximum absolute atomic E-state index is 10.6. The lowest BCUT2D eigenvalue weighted by atomic mass is 9.87. The predicted molar refractivity (Wildman–Crippen MR) is 31.8 cm³/mol. The second-order valence-corrected chi connectivity index (χ2v) is 3.03. The highest BCUT2D eigenvalue weighted by Gasteiger charge is 2.46. The molecule has 1 aliphatic rings. The van der Waals surface area contributed by atoms with Crippen LogP contribution < -0.4 is 0 Å². The molecule has 58 valence electrons. The summed E-state index contributed by atoms with van der Waals surface area (Å²) in [5.74, 6) is -0.404. The van der Waals surface area contributed by atoms with Crippen LogP contribution in [0.25, 0.3) is 0 Å². The van der Waals surface area contributed by atoms with Gasteiger partial charge in [0, 0.05) is 5.41 Å². The summed E-state index contributed by atoms with van der Waals surface area (Å²) in [6.45, 7) is 3.38. The highest BCUT2D eigenvalue weighted by molar-refractivity contribution is 5.78. The van der Waals surface area contributed by atoms with Crippen LogP contribution >= 0.6 is 0 Å². The summed E-state index contributed by atoms with van der Waals surface area (Å²) in [5.41, 5.74) is -0.532. The molecule has 0 aromatic rings. The van der Waals surface area contributed by atoms with E-state index in [1.165, 1.54) is 0 Å². The number of carbonyl (C=O) groups excluding carboxylic acids is 1. The molecule has 4 nitrogen and oxygen atoms in total. The number of hydrogen-bond donors (Lipinski definition) is 1. The van der Waals surface area contributed by atoms with Crippen LogP contribution in [0, 0.1) is 5.41 Å². The Morgan fingerprint density at radius 2 is 2.30 bits per heavy atom. The Morgan fingerprint density at radius 3 is 2.40 bits per heavy atom. The minimum atomic E-state index is -0.600. The monoisotopic (exact) mass is 146 g/mol. The Balaban J connectivity index is 2.55. The van der Waals surface area contributed by atoms with Crippen LogP contribution in [0.2, 0.25) is 0 Å². The molecule has 1 fully saturated rings. The number of carbonyl (C=O) groups is 1. The summed E-state index contributed by atoms with van der Waals surface area (Å²) < 4.78 is 0. The van der Waals surface area contributed by atoms with E-state index in [1.807, 2.05) is 0 Å². The number of hydrogen-bond acceptors (Lipinski definition) is 4. The third-order valence-corrected chi connectivity index (χ3v) is 1.56. The second kappa shape index (κ2) is 2.21. The van der Waals surface area contributed by atoms with Gasteiger partial charge in [-0.3, -0.25) is 4.89 Å². The molecule has 0 aliphatic carbocycles. The molecule has 1 atom stereocenters. The van der Waals surface area contributed by atoms with Gasteiger partial charge in [0.25, 0.3) is 0 Å². The molecule has 0 aromatic heterocycles. The lowest BCUT2D eigenvalue weighted by molar-refractivity contribution is -0.381. The Morgan fingerprint density at radius 1 is 1.70 bits per heavy atom. The van der Waals surface area contributed by atoms with Crippen molar-refractivity contribution in [1.29, 1.82) is 0 Å². The van der Waals surface area contributed by atoms with Gasteiger partial charge in [0.2, 0.25) is 6.10 Å². The van der Waals surface area contributed by atoms with E-state index in [9.17, 15) is 4.79 Å². The van der Waals surface area contributed by atoms with E-state index in [0.29, 0.717) is 0 Å². The molecule has 0 unspecified atom stereocenters. The van der Waals surface area contributed by atoms with E-state index in [0.717, 1.165) is 0 Å². The SMILES string of the molecule is CC(C)(CO)[C@@H]1OOC1=O. The van der Waals surface area contributed by atoms with Crippen LogP contribution in [0.4, 0.5) is 0 Å². The molecular weight excluding hydrogens is 136 g/mol. The molecule has 1 rings (SSSR count). The molecule has 0 spiro atoms. The smallest absolute Gasteiger partial charge is 0.375 e. The summed E-state index contributed by atoms with van der Waals surface area (Å²) in [6.07, 6.45) is -0.600. The quantitative estimate of drug-likeness (QED) is 0.551. The largest absolute Gasteiger partial charge is 0.396 e. The normalized spacial score (nSPS) is 25.5. The van der Waals surface area contributed by atoms with Crippen LogP contribution in [0.15, 0.2) is 0 Å². The van der Waals surface area contributed by atoms with Crippen molar-refractivity contribution in [3.63, 3.8) is 0 Å². The molecule has 1 N–H and O–H groups in total. The highest BCUT2D eigenvalue weighted by Crippen LogP contribution is 2.29. The fraction of sp³-hybridized carbons (Fsp3) is 0.833. The summed E-state index contributed by atoms with van der Waals surface area (Å²) >= 11 is 0. The molecule has 4 heteroatoms. The van der Waals surface area contributed by atoms with E-state index < -0.39 is 17.5 Å². The van der Waals surface area contributed by atoms with Crippen LogP contribution in [-0.4, -0.2) is 23.8 Å². The van der Waals surface area contributed by atoms with Crippen molar-refractivity contribution in [2.75, 3.05) is 6.61 Å². The minimum absolute atomic E-state index is 0.0905. The van der Waals surface area contributed by atoms with Crippen molar-refractivity contribution in [3.05, 3.63) is 0 Å². The van der Waals surface area contributed by atoms with Gasteiger partial charge in [-0.25, -0.2) is 4.79 Å². The molecule has 1 heterocycles. The van der Waals surface area contributed by atoms with Crippen molar-refractivity contribution >= 4 is 5.97 Å². The molecule has 0 amide bonds. The average Bonchev–Trinajstić information content (AvgIpc) is 1.84. The zero-order valence-electron chi connectivity index (χ0n) is 5.96. The summed E-state index contributed by atoms with van der Waals surface area (Å²) in [6, 6.07) is 0. The molecule has 1 aliphatic heterocycles. The number of aliphatic hydroxyl groups is 1. The lowest BCUT2D eigenvalue weighted by Gasteiger charge is -2.34. The van der Waals surface area contributed by atoms with Crippen LogP contribution in [0.3, 0.4) is 0 Å². The fourth-order valence-corrected chi connectivity index (χ4v) is 0.668. The van der Waals surface area contributed by atoms with Crippen molar-refractivity contribution < 1.29 is 19.7 Å². The molecular formula is C6H10O4. The Labute approximate surface area is 58.7 Å². The zero-order chi connectivity index (χ0) is 7.78. The van der Waals surface area contributed by atoms with Crippen molar-refractivity contribution in [3.8, 4) is 0 Å². The molecule has 1 saturated heterocycles. The highest BCUT2D eigenvalue weighted by atomic mass is 17.3. The van der Waals surface area contributed by atoms with E-state index in [1.54, 1.807) is 13.8 Å². The zero-order valence-corrected chi connectivity index (χ0v) is 5.96. The van der Waals surface area contributed by atoms with Gasteiger partial charge in [0.1, 0.15) is 0 Å². The van der Waals surface area contributed by atoms with Crippen LogP contribution in [-0.2, 0) is 14.6 Å². The topological polar surface area (TPSA) is 55.8 Å². The molecule has 0 bridgehead atoms. The van der Waals surface area contributed by atoms with Gasteiger partial charge in [-0.1, -0.05) is 13.8 Å². The molecule has 0 radical (unpaired) electrons. The lowest BCUT2D eigenvalue weighted by Crippen LogP contribution is -2.50. The van der Waals surface area contributed by atoms with E-state index in [2.05, 4.69) is 9.78 Å². The fourth-order valence-electron chi connectivity index (χ4n) is 0.668. The summed E-state index contributed by atoms with van der Waals surface area (Å²) in [4.78, 5) is 19.1. The van der Waals surface area contributed by atoms with Crippen molar-refractivity contribution in [2.45, 2.75) is 20.0 Å². The predicted octanol–water partition coefficient (Wildman–Crippen LogP) is -0.138. The molecule has 0 aromatic carbocycles. The third kappa shape index (κ3) is 0.998. The second-order valence-electron chi connectivity index (χ2n) is 3.03.